The number of piperazine rings is 1. The van der Waals surface area contributed by atoms with Gasteiger partial charge in [0.2, 0.25) is 5.91 Å². The van der Waals surface area contributed by atoms with Crippen molar-refractivity contribution >= 4 is 11.8 Å². The van der Waals surface area contributed by atoms with Crippen LogP contribution in [0.5, 0.6) is 5.75 Å². The van der Waals surface area contributed by atoms with Crippen LogP contribution in [0.4, 0.5) is 0 Å². The fourth-order valence-corrected chi connectivity index (χ4v) is 3.46. The van der Waals surface area contributed by atoms with Crippen LogP contribution >= 0.6 is 0 Å². The molecule has 2 heterocycles. The summed E-state index contributed by atoms with van der Waals surface area (Å²) in [4.78, 5) is 33.6. The Kier molecular flexibility index (Phi) is 7.79. The molecule has 7 nitrogen and oxygen atoms in total. The Morgan fingerprint density at radius 1 is 1.03 bits per heavy atom. The van der Waals surface area contributed by atoms with Crippen molar-refractivity contribution in [3.8, 4) is 5.75 Å². The van der Waals surface area contributed by atoms with Gasteiger partial charge in [0.05, 0.1) is 0 Å². The third-order valence-corrected chi connectivity index (χ3v) is 5.20. The molecule has 0 bridgehead atoms. The highest BCUT2D eigenvalue weighted by atomic mass is 16.5. The average Bonchev–Trinajstić information content (AvgIpc) is 2.77. The van der Waals surface area contributed by atoms with Crippen LogP contribution in [-0.2, 0) is 16.1 Å². The van der Waals surface area contributed by atoms with Gasteiger partial charge in [-0.2, -0.15) is 0 Å². The van der Waals surface area contributed by atoms with Crippen LogP contribution in [0, 0.1) is 5.92 Å². The molecule has 1 aromatic heterocycles. The molecule has 2 amide bonds. The third-order valence-electron chi connectivity index (χ3n) is 5.20. The number of carbonyl (C=O) groups excluding carboxylic acids is 2. The second kappa shape index (κ2) is 10.7. The van der Waals surface area contributed by atoms with Crippen LogP contribution in [0.3, 0.4) is 0 Å². The van der Waals surface area contributed by atoms with E-state index in [1.165, 1.54) is 5.56 Å². The van der Waals surface area contributed by atoms with Gasteiger partial charge in [-0.25, -0.2) is 0 Å². The summed E-state index contributed by atoms with van der Waals surface area (Å²) in [6.45, 7) is 7.56. The van der Waals surface area contributed by atoms with E-state index < -0.39 is 6.04 Å². The van der Waals surface area contributed by atoms with Crippen LogP contribution in [0.25, 0.3) is 0 Å². The predicted octanol–water partition coefficient (Wildman–Crippen LogP) is 1.95. The maximum absolute atomic E-state index is 13.1. The van der Waals surface area contributed by atoms with Crippen LogP contribution in [0.15, 0.2) is 54.9 Å². The van der Waals surface area contributed by atoms with Gasteiger partial charge in [-0.1, -0.05) is 32.0 Å². The maximum Gasteiger partial charge on any atom is 0.258 e. The third kappa shape index (κ3) is 6.29. The number of benzene rings is 1. The number of carbonyl (C=O) groups is 2. The SMILES string of the molecule is CC(C)[C@H](NC(=O)COc1ccccc1)C(=O)N1CCN(Cc2ccncc2)CC1. The summed E-state index contributed by atoms with van der Waals surface area (Å²) in [5.74, 6) is 0.308. The summed E-state index contributed by atoms with van der Waals surface area (Å²) < 4.78 is 5.50. The Morgan fingerprint density at radius 3 is 2.33 bits per heavy atom. The zero-order valence-corrected chi connectivity index (χ0v) is 17.7. The maximum atomic E-state index is 13.1. The molecule has 1 aliphatic rings. The van der Waals surface area contributed by atoms with E-state index in [-0.39, 0.29) is 24.3 Å². The normalized spacial score (nSPS) is 15.6. The molecule has 0 aliphatic carbocycles. The van der Waals surface area contributed by atoms with Gasteiger partial charge in [0.15, 0.2) is 6.61 Å². The zero-order valence-electron chi connectivity index (χ0n) is 17.7. The monoisotopic (exact) mass is 410 g/mol. The Labute approximate surface area is 178 Å². The first-order chi connectivity index (χ1) is 14.5. The van der Waals surface area contributed by atoms with E-state index in [9.17, 15) is 9.59 Å². The molecule has 160 valence electrons. The van der Waals surface area contributed by atoms with E-state index in [0.29, 0.717) is 18.8 Å². The molecule has 0 saturated carbocycles. The molecule has 7 heteroatoms. The first kappa shape index (κ1) is 21.8. The molecule has 1 aromatic carbocycles. The molecule has 0 spiro atoms. The van der Waals surface area contributed by atoms with Gasteiger partial charge in [-0.05, 0) is 35.7 Å². The summed E-state index contributed by atoms with van der Waals surface area (Å²) in [6.07, 6.45) is 3.60. The lowest BCUT2D eigenvalue weighted by Crippen LogP contribution is -2.56. The summed E-state index contributed by atoms with van der Waals surface area (Å²) >= 11 is 0. The van der Waals surface area contributed by atoms with Crippen molar-refractivity contribution in [1.82, 2.24) is 20.1 Å². The highest BCUT2D eigenvalue weighted by molar-refractivity contribution is 5.88. The Morgan fingerprint density at radius 2 is 1.70 bits per heavy atom. The molecule has 30 heavy (non-hydrogen) atoms. The second-order valence-electron chi connectivity index (χ2n) is 7.85. The molecule has 3 rings (SSSR count). The van der Waals surface area contributed by atoms with Crippen LogP contribution < -0.4 is 10.1 Å². The van der Waals surface area contributed by atoms with Gasteiger partial charge in [0, 0.05) is 45.1 Å². The van der Waals surface area contributed by atoms with Crippen LogP contribution in [0.2, 0.25) is 0 Å². The zero-order chi connectivity index (χ0) is 21.3. The summed E-state index contributed by atoms with van der Waals surface area (Å²) in [7, 11) is 0. The molecule has 2 aromatic rings. The van der Waals surface area contributed by atoms with E-state index >= 15 is 0 Å². The number of hydrogen-bond acceptors (Lipinski definition) is 5. The van der Waals surface area contributed by atoms with Crippen molar-refractivity contribution in [2.75, 3.05) is 32.8 Å². The van der Waals surface area contributed by atoms with E-state index in [0.717, 1.165) is 19.6 Å². The van der Waals surface area contributed by atoms with Crippen molar-refractivity contribution in [1.29, 1.82) is 0 Å². The molecular formula is C23H30N4O3. The standard InChI is InChI=1S/C23H30N4O3/c1-18(2)22(25-21(28)17-30-20-6-4-3-5-7-20)23(29)27-14-12-26(13-15-27)16-19-8-10-24-11-9-19/h3-11,18,22H,12-17H2,1-2H3,(H,25,28)/t22-/m0/s1. The molecule has 1 saturated heterocycles. The van der Waals surface area contributed by atoms with Crippen molar-refractivity contribution in [3.63, 3.8) is 0 Å². The van der Waals surface area contributed by atoms with E-state index in [1.807, 2.05) is 49.1 Å². The minimum atomic E-state index is -0.552. The van der Waals surface area contributed by atoms with Gasteiger partial charge >= 0.3 is 0 Å². The minimum absolute atomic E-state index is 0.00646. The molecule has 0 unspecified atom stereocenters. The van der Waals surface area contributed by atoms with Gasteiger partial charge in [-0.3, -0.25) is 19.5 Å². The lowest BCUT2D eigenvalue weighted by Gasteiger charge is -2.37. The van der Waals surface area contributed by atoms with E-state index in [2.05, 4.69) is 15.2 Å². The lowest BCUT2D eigenvalue weighted by atomic mass is 10.0. The highest BCUT2D eigenvalue weighted by Gasteiger charge is 2.30. The molecule has 1 fully saturated rings. The fraction of sp³-hybridized carbons (Fsp3) is 0.435. The number of para-hydroxylation sites is 1. The summed E-state index contributed by atoms with van der Waals surface area (Å²) in [5.41, 5.74) is 1.22. The van der Waals surface area contributed by atoms with Gasteiger partial charge in [0.1, 0.15) is 11.8 Å². The largest absolute Gasteiger partial charge is 0.484 e. The number of pyridine rings is 1. The number of nitrogens with zero attached hydrogens (tertiary/aromatic N) is 3. The predicted molar refractivity (Wildman–Crippen MR) is 115 cm³/mol. The Balaban J connectivity index is 1.48. The Bertz CT molecular complexity index is 806. The Hall–Kier alpha value is -2.93. The number of nitrogens with one attached hydrogen (secondary N) is 1. The average molecular weight is 411 g/mol. The quantitative estimate of drug-likeness (QED) is 0.720. The van der Waals surface area contributed by atoms with Gasteiger partial charge < -0.3 is 15.0 Å². The molecule has 1 N–H and O–H groups in total. The first-order valence-corrected chi connectivity index (χ1v) is 10.4. The van der Waals surface area contributed by atoms with E-state index in [1.54, 1.807) is 24.5 Å². The number of rotatable bonds is 8. The first-order valence-electron chi connectivity index (χ1n) is 10.4. The smallest absolute Gasteiger partial charge is 0.258 e. The topological polar surface area (TPSA) is 74.8 Å². The van der Waals surface area contributed by atoms with Crippen molar-refractivity contribution in [3.05, 3.63) is 60.4 Å². The van der Waals surface area contributed by atoms with Crippen LogP contribution in [0.1, 0.15) is 19.4 Å². The minimum Gasteiger partial charge on any atom is -0.484 e. The number of ether oxygens (including phenoxy) is 1. The van der Waals surface area contributed by atoms with Crippen LogP contribution in [-0.4, -0.2) is 65.4 Å². The lowest BCUT2D eigenvalue weighted by molar-refractivity contribution is -0.139. The highest BCUT2D eigenvalue weighted by Crippen LogP contribution is 2.12. The van der Waals surface area contributed by atoms with Crippen molar-refractivity contribution in [2.24, 2.45) is 5.92 Å². The van der Waals surface area contributed by atoms with Crippen molar-refractivity contribution in [2.45, 2.75) is 26.4 Å². The van der Waals surface area contributed by atoms with Gasteiger partial charge in [0.25, 0.3) is 5.91 Å². The summed E-state index contributed by atoms with van der Waals surface area (Å²) in [6, 6.07) is 12.6. The fourth-order valence-electron chi connectivity index (χ4n) is 3.46. The molecule has 0 radical (unpaired) electrons. The van der Waals surface area contributed by atoms with E-state index in [4.69, 9.17) is 4.74 Å². The molecular weight excluding hydrogens is 380 g/mol. The number of amides is 2. The number of hydrogen-bond donors (Lipinski definition) is 1. The molecule has 1 atom stereocenters. The summed E-state index contributed by atoms with van der Waals surface area (Å²) in [5, 5.41) is 2.86. The second-order valence-corrected chi connectivity index (χ2v) is 7.85. The number of aromatic nitrogens is 1. The van der Waals surface area contributed by atoms with Crippen molar-refractivity contribution < 1.29 is 14.3 Å². The molecule has 1 aliphatic heterocycles. The van der Waals surface area contributed by atoms with Gasteiger partial charge in [-0.15, -0.1) is 0 Å².